The number of hydrogen-bond donors (Lipinski definition) is 2. The van der Waals surface area contributed by atoms with Gasteiger partial charge in [0.1, 0.15) is 0 Å². The molecule has 1 unspecified atom stereocenters. The number of non-ortho nitro benzene ring substituents is 1. The highest BCUT2D eigenvalue weighted by Gasteiger charge is 2.23. The van der Waals surface area contributed by atoms with E-state index in [-0.39, 0.29) is 17.1 Å². The van der Waals surface area contributed by atoms with Gasteiger partial charge in [0.25, 0.3) is 5.69 Å². The van der Waals surface area contributed by atoms with Gasteiger partial charge in [-0.25, -0.2) is 13.1 Å². The minimum atomic E-state index is -4.02. The van der Waals surface area contributed by atoms with E-state index in [9.17, 15) is 23.6 Å². The fourth-order valence-corrected chi connectivity index (χ4v) is 4.31. The Balaban J connectivity index is 1.85. The van der Waals surface area contributed by atoms with Crippen LogP contribution >= 0.6 is 0 Å². The van der Waals surface area contributed by atoms with E-state index >= 15 is 0 Å². The highest BCUT2D eigenvalue weighted by Crippen LogP contribution is 2.26. The number of aliphatic hydroxyl groups is 1. The molecule has 3 rings (SSSR count). The first-order valence-corrected chi connectivity index (χ1v) is 9.66. The summed E-state index contributed by atoms with van der Waals surface area (Å²) in [6.07, 6.45) is 0.687. The van der Waals surface area contributed by atoms with Crippen molar-refractivity contribution < 1.29 is 18.4 Å². The highest BCUT2D eigenvalue weighted by atomic mass is 32.2. The topological polar surface area (TPSA) is 114 Å². The molecule has 2 aromatic carbocycles. The smallest absolute Gasteiger partial charge is 0.270 e. The molecule has 9 heteroatoms. The fraction of sp³-hybridized carbons (Fsp3) is 0.222. The van der Waals surface area contributed by atoms with Crippen LogP contribution in [-0.2, 0) is 17.1 Å². The summed E-state index contributed by atoms with van der Waals surface area (Å²) in [6, 6.07) is 11.1. The van der Waals surface area contributed by atoms with Crippen LogP contribution in [-0.4, -0.2) is 29.6 Å². The molecule has 0 radical (unpaired) electrons. The Morgan fingerprint density at radius 2 is 1.96 bits per heavy atom. The van der Waals surface area contributed by atoms with Crippen molar-refractivity contribution in [3.05, 3.63) is 69.9 Å². The number of nitro benzene ring substituents is 1. The van der Waals surface area contributed by atoms with E-state index in [1.54, 1.807) is 13.1 Å². The number of rotatable bonds is 6. The van der Waals surface area contributed by atoms with E-state index in [4.69, 9.17) is 0 Å². The standard InChI is InChI=1S/C18H19N3O5S/c1-12-7-8-13(21(23)24)9-18(12)27(25,26)19-10-17(22)15-11-20(2)16-6-4-3-5-14(15)16/h3-9,11,17,19,22H,10H2,1-2H3. The van der Waals surface area contributed by atoms with Crippen LogP contribution in [0.15, 0.2) is 53.6 Å². The zero-order valence-corrected chi connectivity index (χ0v) is 15.6. The second-order valence-corrected chi connectivity index (χ2v) is 8.02. The predicted molar refractivity (Wildman–Crippen MR) is 101 cm³/mol. The largest absolute Gasteiger partial charge is 0.387 e. The molecule has 0 bridgehead atoms. The van der Waals surface area contributed by atoms with Gasteiger partial charge in [0.05, 0.1) is 15.9 Å². The van der Waals surface area contributed by atoms with Crippen molar-refractivity contribution >= 4 is 26.6 Å². The molecule has 0 saturated carbocycles. The molecule has 0 saturated heterocycles. The lowest BCUT2D eigenvalue weighted by Gasteiger charge is -2.13. The number of aliphatic hydroxyl groups excluding tert-OH is 1. The molecule has 0 aliphatic carbocycles. The maximum atomic E-state index is 12.6. The highest BCUT2D eigenvalue weighted by molar-refractivity contribution is 7.89. The van der Waals surface area contributed by atoms with Crippen LogP contribution < -0.4 is 4.72 Å². The molecule has 0 fully saturated rings. The Kier molecular flexibility index (Phi) is 5.01. The van der Waals surface area contributed by atoms with Gasteiger partial charge < -0.3 is 9.67 Å². The zero-order chi connectivity index (χ0) is 19.8. The second kappa shape index (κ2) is 7.10. The molecule has 0 amide bonds. The molecular formula is C18H19N3O5S. The van der Waals surface area contributed by atoms with Gasteiger partial charge in [0, 0.05) is 48.4 Å². The number of nitro groups is 1. The molecule has 1 aromatic heterocycles. The van der Waals surface area contributed by atoms with Crippen molar-refractivity contribution in [1.82, 2.24) is 9.29 Å². The van der Waals surface area contributed by atoms with Gasteiger partial charge in [-0.2, -0.15) is 0 Å². The Labute approximate surface area is 156 Å². The number of hydrogen-bond acceptors (Lipinski definition) is 5. The van der Waals surface area contributed by atoms with Crippen molar-refractivity contribution in [3.8, 4) is 0 Å². The third-order valence-electron chi connectivity index (χ3n) is 4.43. The predicted octanol–water partition coefficient (Wildman–Crippen LogP) is 2.41. The summed E-state index contributed by atoms with van der Waals surface area (Å²) < 4.78 is 29.4. The van der Waals surface area contributed by atoms with Crippen LogP contribution in [0.4, 0.5) is 5.69 Å². The lowest BCUT2D eigenvalue weighted by Crippen LogP contribution is -2.29. The van der Waals surface area contributed by atoms with E-state index in [2.05, 4.69) is 4.72 Å². The van der Waals surface area contributed by atoms with Gasteiger partial charge >= 0.3 is 0 Å². The number of nitrogens with zero attached hydrogens (tertiary/aromatic N) is 2. The molecule has 3 aromatic rings. The van der Waals surface area contributed by atoms with Crippen molar-refractivity contribution in [2.24, 2.45) is 7.05 Å². The van der Waals surface area contributed by atoms with Crippen molar-refractivity contribution in [1.29, 1.82) is 0 Å². The summed E-state index contributed by atoms with van der Waals surface area (Å²) in [5.41, 5.74) is 1.60. The lowest BCUT2D eigenvalue weighted by atomic mass is 10.1. The minimum Gasteiger partial charge on any atom is -0.387 e. The summed E-state index contributed by atoms with van der Waals surface area (Å²) in [4.78, 5) is 10.1. The molecule has 27 heavy (non-hydrogen) atoms. The van der Waals surface area contributed by atoms with Gasteiger partial charge in [-0.3, -0.25) is 10.1 Å². The first kappa shape index (κ1) is 19.0. The zero-order valence-electron chi connectivity index (χ0n) is 14.8. The number of nitrogens with one attached hydrogen (secondary N) is 1. The Morgan fingerprint density at radius 1 is 1.26 bits per heavy atom. The third-order valence-corrected chi connectivity index (χ3v) is 5.99. The average Bonchev–Trinajstić information content (AvgIpc) is 2.97. The number of fused-ring (bicyclic) bond motifs is 1. The van der Waals surface area contributed by atoms with Crippen LogP contribution in [0.2, 0.25) is 0 Å². The van der Waals surface area contributed by atoms with E-state index in [0.717, 1.165) is 17.0 Å². The first-order chi connectivity index (χ1) is 12.7. The summed E-state index contributed by atoms with van der Waals surface area (Å²) in [5, 5.41) is 22.3. The Morgan fingerprint density at radius 3 is 2.67 bits per heavy atom. The molecule has 1 atom stereocenters. The first-order valence-electron chi connectivity index (χ1n) is 8.17. The molecule has 142 valence electrons. The van der Waals surface area contributed by atoms with E-state index < -0.39 is 21.1 Å². The molecule has 1 heterocycles. The van der Waals surface area contributed by atoms with Gasteiger partial charge in [0.2, 0.25) is 10.0 Å². The molecule has 0 aliphatic rings. The van der Waals surface area contributed by atoms with E-state index in [1.165, 1.54) is 12.1 Å². The van der Waals surface area contributed by atoms with Crippen LogP contribution in [0.5, 0.6) is 0 Å². The monoisotopic (exact) mass is 389 g/mol. The summed E-state index contributed by atoms with van der Waals surface area (Å²) in [7, 11) is -2.18. The number of sulfonamides is 1. The molecule has 0 spiro atoms. The van der Waals surface area contributed by atoms with Crippen LogP contribution in [0.3, 0.4) is 0 Å². The molecule has 8 nitrogen and oxygen atoms in total. The maximum Gasteiger partial charge on any atom is 0.270 e. The summed E-state index contributed by atoms with van der Waals surface area (Å²) in [6.45, 7) is 1.30. The van der Waals surface area contributed by atoms with Crippen molar-refractivity contribution in [2.45, 2.75) is 17.9 Å². The van der Waals surface area contributed by atoms with E-state index in [0.29, 0.717) is 11.1 Å². The third kappa shape index (κ3) is 3.70. The van der Waals surface area contributed by atoms with Gasteiger partial charge in [0.15, 0.2) is 0 Å². The van der Waals surface area contributed by atoms with Gasteiger partial charge in [-0.15, -0.1) is 0 Å². The number of aryl methyl sites for hydroxylation is 2. The Bertz CT molecular complexity index is 1120. The summed E-state index contributed by atoms with van der Waals surface area (Å²) >= 11 is 0. The van der Waals surface area contributed by atoms with Crippen LogP contribution in [0, 0.1) is 17.0 Å². The molecule has 2 N–H and O–H groups in total. The fourth-order valence-electron chi connectivity index (χ4n) is 3.01. The van der Waals surface area contributed by atoms with Crippen molar-refractivity contribution in [3.63, 3.8) is 0 Å². The lowest BCUT2D eigenvalue weighted by molar-refractivity contribution is -0.385. The molecule has 0 aliphatic heterocycles. The number of benzene rings is 2. The number of aromatic nitrogens is 1. The van der Waals surface area contributed by atoms with E-state index in [1.807, 2.05) is 35.9 Å². The van der Waals surface area contributed by atoms with Crippen molar-refractivity contribution in [2.75, 3.05) is 6.54 Å². The average molecular weight is 389 g/mol. The Hall–Kier alpha value is -2.75. The van der Waals surface area contributed by atoms with Gasteiger partial charge in [-0.05, 0) is 18.6 Å². The molecular weight excluding hydrogens is 370 g/mol. The normalized spacial score (nSPS) is 13.0. The maximum absolute atomic E-state index is 12.6. The summed E-state index contributed by atoms with van der Waals surface area (Å²) in [5.74, 6) is 0. The SMILES string of the molecule is Cc1ccc([N+](=O)[O-])cc1S(=O)(=O)NCC(O)c1cn(C)c2ccccc12. The quantitative estimate of drug-likeness (QED) is 0.496. The minimum absolute atomic E-state index is 0.179. The van der Waals surface area contributed by atoms with Gasteiger partial charge in [-0.1, -0.05) is 24.3 Å². The second-order valence-electron chi connectivity index (χ2n) is 6.29. The van der Waals surface area contributed by atoms with Crippen LogP contribution in [0.25, 0.3) is 10.9 Å². The van der Waals surface area contributed by atoms with Crippen LogP contribution in [0.1, 0.15) is 17.2 Å². The number of para-hydroxylation sites is 1.